The number of ether oxygens (including phenoxy) is 3. The van der Waals surface area contributed by atoms with Gasteiger partial charge < -0.3 is 24.4 Å². The molecule has 0 atom stereocenters. The van der Waals surface area contributed by atoms with Crippen molar-refractivity contribution in [2.24, 2.45) is 0 Å². The monoisotopic (exact) mass is 354 g/mol. The molecule has 7 nitrogen and oxygen atoms in total. The number of nitrogens with one attached hydrogen (secondary N) is 1. The molecule has 2 amide bonds. The van der Waals surface area contributed by atoms with E-state index in [1.807, 2.05) is 0 Å². The van der Waals surface area contributed by atoms with E-state index in [2.05, 4.69) is 5.32 Å². The first kappa shape index (κ1) is 16.7. The zero-order valence-corrected chi connectivity index (χ0v) is 13.9. The van der Waals surface area contributed by atoms with Gasteiger partial charge in [-0.1, -0.05) is 0 Å². The molecule has 0 aromatic heterocycles. The fourth-order valence-corrected chi connectivity index (χ4v) is 2.86. The van der Waals surface area contributed by atoms with Gasteiger partial charge in [0.25, 0.3) is 5.91 Å². The molecule has 3 rings (SSSR count). The lowest BCUT2D eigenvalue weighted by Crippen LogP contribution is -2.46. The van der Waals surface area contributed by atoms with Crippen molar-refractivity contribution in [1.82, 2.24) is 10.2 Å². The van der Waals surface area contributed by atoms with Crippen LogP contribution in [0, 0.1) is 0 Å². The Hall–Kier alpha value is -2.15. The number of carbonyl (C=O) groups excluding carboxylic acids is 2. The van der Waals surface area contributed by atoms with Gasteiger partial charge in [0.15, 0.2) is 11.5 Å². The number of benzene rings is 1. The fraction of sp³-hybridized carbons (Fsp3) is 0.500. The third-order valence-corrected chi connectivity index (χ3v) is 4.19. The minimum Gasteiger partial charge on any atom is -0.454 e. The number of hydrogen-bond donors (Lipinski definition) is 1. The zero-order valence-electron chi connectivity index (χ0n) is 13.1. The molecule has 2 aliphatic rings. The Morgan fingerprint density at radius 3 is 2.75 bits per heavy atom. The lowest BCUT2D eigenvalue weighted by Gasteiger charge is -2.32. The lowest BCUT2D eigenvalue weighted by molar-refractivity contribution is 0.0702. The maximum Gasteiger partial charge on any atom is 0.407 e. The average Bonchev–Trinajstić information content (AvgIpc) is 3.07. The summed E-state index contributed by atoms with van der Waals surface area (Å²) in [7, 11) is 0. The van der Waals surface area contributed by atoms with E-state index in [1.165, 1.54) is 0 Å². The number of piperidine rings is 1. The molecule has 1 N–H and O–H groups in total. The van der Waals surface area contributed by atoms with Crippen LogP contribution in [0.15, 0.2) is 18.2 Å². The molecule has 0 saturated carbocycles. The lowest BCUT2D eigenvalue weighted by atomic mass is 10.0. The maximum absolute atomic E-state index is 12.6. The van der Waals surface area contributed by atoms with Crippen molar-refractivity contribution in [2.45, 2.75) is 18.9 Å². The topological polar surface area (TPSA) is 77.1 Å². The predicted molar refractivity (Wildman–Crippen MR) is 86.7 cm³/mol. The second kappa shape index (κ2) is 7.61. The van der Waals surface area contributed by atoms with Gasteiger partial charge in [0.2, 0.25) is 6.79 Å². The van der Waals surface area contributed by atoms with E-state index in [9.17, 15) is 9.59 Å². The number of alkyl halides is 1. The van der Waals surface area contributed by atoms with Crippen LogP contribution in [0.1, 0.15) is 23.2 Å². The Morgan fingerprint density at radius 2 is 2.00 bits per heavy atom. The Bertz CT molecular complexity index is 616. The van der Waals surface area contributed by atoms with Gasteiger partial charge in [0.05, 0.1) is 5.88 Å². The summed E-state index contributed by atoms with van der Waals surface area (Å²) < 4.78 is 15.4. The van der Waals surface area contributed by atoms with Crippen molar-refractivity contribution in [2.75, 3.05) is 32.4 Å². The Labute approximate surface area is 144 Å². The van der Waals surface area contributed by atoms with Crippen LogP contribution < -0.4 is 14.8 Å². The van der Waals surface area contributed by atoms with Crippen LogP contribution in [0.25, 0.3) is 0 Å². The molecular weight excluding hydrogens is 336 g/mol. The summed E-state index contributed by atoms with van der Waals surface area (Å²) in [5.74, 6) is 1.48. The van der Waals surface area contributed by atoms with Crippen molar-refractivity contribution in [1.29, 1.82) is 0 Å². The normalized spacial score (nSPS) is 16.8. The molecule has 2 heterocycles. The molecule has 1 aromatic carbocycles. The van der Waals surface area contributed by atoms with E-state index in [1.54, 1.807) is 23.1 Å². The van der Waals surface area contributed by atoms with Gasteiger partial charge in [0, 0.05) is 24.7 Å². The summed E-state index contributed by atoms with van der Waals surface area (Å²) in [6, 6.07) is 5.20. The van der Waals surface area contributed by atoms with Gasteiger partial charge in [-0.25, -0.2) is 4.79 Å². The van der Waals surface area contributed by atoms with E-state index in [0.717, 1.165) is 0 Å². The molecule has 1 aromatic rings. The first-order valence-corrected chi connectivity index (χ1v) is 8.39. The quantitative estimate of drug-likeness (QED) is 0.837. The van der Waals surface area contributed by atoms with Gasteiger partial charge in [-0.3, -0.25) is 4.79 Å². The Kier molecular flexibility index (Phi) is 5.30. The molecule has 1 saturated heterocycles. The van der Waals surface area contributed by atoms with Crippen LogP contribution in [-0.4, -0.2) is 55.3 Å². The van der Waals surface area contributed by atoms with Gasteiger partial charge >= 0.3 is 6.09 Å². The summed E-state index contributed by atoms with van der Waals surface area (Å²) in [6.45, 7) is 1.53. The van der Waals surface area contributed by atoms with Gasteiger partial charge in [-0.15, -0.1) is 11.6 Å². The number of hydrogen-bond acceptors (Lipinski definition) is 5. The molecule has 1 fully saturated rings. The summed E-state index contributed by atoms with van der Waals surface area (Å²) in [5.41, 5.74) is 0.576. The minimum absolute atomic E-state index is 0.00799. The van der Waals surface area contributed by atoms with E-state index in [4.69, 9.17) is 25.8 Å². The van der Waals surface area contributed by atoms with Crippen LogP contribution in [-0.2, 0) is 4.74 Å². The molecule has 2 aliphatic heterocycles. The van der Waals surface area contributed by atoms with Crippen molar-refractivity contribution in [3.05, 3.63) is 23.8 Å². The van der Waals surface area contributed by atoms with Crippen LogP contribution in [0.4, 0.5) is 4.79 Å². The number of halogens is 1. The van der Waals surface area contributed by atoms with Crippen LogP contribution in [0.2, 0.25) is 0 Å². The van der Waals surface area contributed by atoms with E-state index in [0.29, 0.717) is 43.0 Å². The Morgan fingerprint density at radius 1 is 1.25 bits per heavy atom. The molecule has 130 valence electrons. The van der Waals surface area contributed by atoms with Gasteiger partial charge in [0.1, 0.15) is 6.61 Å². The summed E-state index contributed by atoms with van der Waals surface area (Å²) in [5, 5.41) is 2.79. The van der Waals surface area contributed by atoms with Crippen LogP contribution in [0.5, 0.6) is 11.5 Å². The van der Waals surface area contributed by atoms with E-state index in [-0.39, 0.29) is 31.2 Å². The molecular formula is C16H19ClN2O5. The van der Waals surface area contributed by atoms with Gasteiger partial charge in [-0.2, -0.15) is 0 Å². The second-order valence-corrected chi connectivity index (χ2v) is 5.98. The minimum atomic E-state index is -0.462. The largest absolute Gasteiger partial charge is 0.454 e. The standard InChI is InChI=1S/C16H19ClN2O5/c17-5-8-22-16(21)18-12-3-6-19(7-4-12)15(20)11-1-2-13-14(9-11)24-10-23-13/h1-2,9,12H,3-8,10H2,(H,18,21). The van der Waals surface area contributed by atoms with E-state index >= 15 is 0 Å². The number of rotatable bonds is 4. The number of fused-ring (bicyclic) bond motifs is 1. The maximum atomic E-state index is 12.6. The number of carbonyl (C=O) groups is 2. The Balaban J connectivity index is 1.51. The van der Waals surface area contributed by atoms with Crippen LogP contribution in [0.3, 0.4) is 0 Å². The fourth-order valence-electron chi connectivity index (χ4n) is 2.78. The SMILES string of the molecule is O=C(NC1CCN(C(=O)c2ccc3c(c2)OCO3)CC1)OCCCl. The zero-order chi connectivity index (χ0) is 16.9. The van der Waals surface area contributed by atoms with Gasteiger partial charge in [-0.05, 0) is 31.0 Å². The van der Waals surface area contributed by atoms with Crippen molar-refractivity contribution >= 4 is 23.6 Å². The molecule has 0 unspecified atom stereocenters. The summed E-state index contributed by atoms with van der Waals surface area (Å²) in [4.78, 5) is 25.9. The number of nitrogens with zero attached hydrogens (tertiary/aromatic N) is 1. The van der Waals surface area contributed by atoms with Crippen molar-refractivity contribution in [3.63, 3.8) is 0 Å². The highest BCUT2D eigenvalue weighted by molar-refractivity contribution is 6.18. The van der Waals surface area contributed by atoms with Crippen molar-refractivity contribution < 1.29 is 23.8 Å². The summed E-state index contributed by atoms with van der Waals surface area (Å²) >= 11 is 5.47. The van der Waals surface area contributed by atoms with E-state index < -0.39 is 6.09 Å². The highest BCUT2D eigenvalue weighted by Crippen LogP contribution is 2.33. The predicted octanol–water partition coefficient (Wildman–Crippen LogP) is 1.98. The molecule has 0 aliphatic carbocycles. The summed E-state index contributed by atoms with van der Waals surface area (Å²) in [6.07, 6.45) is 0.912. The number of likely N-dealkylation sites (tertiary alicyclic amines) is 1. The highest BCUT2D eigenvalue weighted by atomic mass is 35.5. The molecule has 0 bridgehead atoms. The highest BCUT2D eigenvalue weighted by Gasteiger charge is 2.26. The molecule has 0 radical (unpaired) electrons. The smallest absolute Gasteiger partial charge is 0.407 e. The first-order valence-electron chi connectivity index (χ1n) is 7.85. The average molecular weight is 355 g/mol. The third-order valence-electron chi connectivity index (χ3n) is 4.03. The number of alkyl carbamates (subject to hydrolysis) is 1. The number of amides is 2. The second-order valence-electron chi connectivity index (χ2n) is 5.60. The molecule has 24 heavy (non-hydrogen) atoms. The van der Waals surface area contributed by atoms with Crippen molar-refractivity contribution in [3.8, 4) is 11.5 Å². The van der Waals surface area contributed by atoms with Crippen LogP contribution >= 0.6 is 11.6 Å². The first-order chi connectivity index (χ1) is 11.7. The third kappa shape index (κ3) is 3.84. The molecule has 8 heteroatoms. The molecule has 0 spiro atoms.